The quantitative estimate of drug-likeness (QED) is 0.429. The normalized spacial score (nSPS) is 11.3. The number of amides is 2. The number of hydrogen-bond acceptors (Lipinski definition) is 4. The maximum Gasteiger partial charge on any atom is 0.416 e. The Labute approximate surface area is 159 Å². The molecule has 0 aromatic heterocycles. The summed E-state index contributed by atoms with van der Waals surface area (Å²) in [4.78, 5) is 23.5. The number of anilines is 1. The molecule has 0 aliphatic heterocycles. The van der Waals surface area contributed by atoms with Gasteiger partial charge in [-0.25, -0.2) is 5.43 Å². The third-order valence-electron chi connectivity index (χ3n) is 3.39. The lowest BCUT2D eigenvalue weighted by molar-refractivity contribution is -0.137. The molecule has 0 unspecified atom stereocenters. The van der Waals surface area contributed by atoms with E-state index in [2.05, 4.69) is 15.8 Å². The summed E-state index contributed by atoms with van der Waals surface area (Å²) in [5.74, 6) is -0.755. The molecule has 0 bridgehead atoms. The number of benzene rings is 2. The average Bonchev–Trinajstić information content (AvgIpc) is 2.63. The molecule has 0 saturated carbocycles. The van der Waals surface area contributed by atoms with Crippen molar-refractivity contribution in [1.29, 1.82) is 0 Å². The number of rotatable bonds is 7. The van der Waals surface area contributed by atoms with Crippen LogP contribution in [0.15, 0.2) is 53.6 Å². The van der Waals surface area contributed by atoms with Crippen molar-refractivity contribution in [3.05, 3.63) is 59.7 Å². The minimum atomic E-state index is -4.52. The molecule has 148 valence electrons. The topological polar surface area (TPSA) is 79.8 Å². The van der Waals surface area contributed by atoms with E-state index in [1.54, 1.807) is 24.3 Å². The fourth-order valence-electron chi connectivity index (χ4n) is 2.16. The SMILES string of the molecule is CCOc1ccc(/C=N/NC(=O)CC(=O)Nc2cccc(C(F)(F)F)c2)cc1. The number of nitrogens with zero attached hydrogens (tertiary/aromatic N) is 1. The number of carbonyl (C=O) groups is 2. The molecule has 2 aromatic carbocycles. The second kappa shape index (κ2) is 9.54. The molecule has 2 rings (SSSR count). The number of alkyl halides is 3. The monoisotopic (exact) mass is 393 g/mol. The first-order valence-electron chi connectivity index (χ1n) is 8.30. The van der Waals surface area contributed by atoms with Crippen molar-refractivity contribution >= 4 is 23.7 Å². The first-order chi connectivity index (χ1) is 13.3. The van der Waals surface area contributed by atoms with E-state index in [0.717, 1.165) is 12.1 Å². The van der Waals surface area contributed by atoms with E-state index in [0.29, 0.717) is 17.9 Å². The molecule has 28 heavy (non-hydrogen) atoms. The van der Waals surface area contributed by atoms with Crippen molar-refractivity contribution in [1.82, 2.24) is 5.43 Å². The van der Waals surface area contributed by atoms with Crippen LogP contribution in [0.1, 0.15) is 24.5 Å². The molecule has 2 aromatic rings. The first kappa shape index (κ1) is 20.9. The Morgan fingerprint density at radius 3 is 2.46 bits per heavy atom. The smallest absolute Gasteiger partial charge is 0.416 e. The van der Waals surface area contributed by atoms with Crippen LogP contribution in [0.5, 0.6) is 5.75 Å². The van der Waals surface area contributed by atoms with Gasteiger partial charge in [-0.05, 0) is 55.0 Å². The summed E-state index contributed by atoms with van der Waals surface area (Å²) in [6.07, 6.45) is -3.72. The van der Waals surface area contributed by atoms with Gasteiger partial charge < -0.3 is 10.1 Å². The van der Waals surface area contributed by atoms with Gasteiger partial charge in [0.2, 0.25) is 11.8 Å². The summed E-state index contributed by atoms with van der Waals surface area (Å²) >= 11 is 0. The van der Waals surface area contributed by atoms with Gasteiger partial charge in [-0.1, -0.05) is 6.07 Å². The second-order valence-electron chi connectivity index (χ2n) is 5.60. The lowest BCUT2D eigenvalue weighted by Gasteiger charge is -2.09. The minimum absolute atomic E-state index is 0.0504. The average molecular weight is 393 g/mol. The van der Waals surface area contributed by atoms with Gasteiger partial charge in [0.1, 0.15) is 12.2 Å². The standard InChI is InChI=1S/C19H18F3N3O3/c1-2-28-16-8-6-13(7-9-16)12-23-25-18(27)11-17(26)24-15-5-3-4-14(10-15)19(20,21)22/h3-10,12H,2,11H2,1H3,(H,24,26)(H,25,27)/b23-12+. The van der Waals surface area contributed by atoms with Crippen LogP contribution in [0.4, 0.5) is 18.9 Å². The molecule has 2 amide bonds. The number of hydrogen-bond donors (Lipinski definition) is 2. The van der Waals surface area contributed by atoms with Crippen LogP contribution in [0, 0.1) is 0 Å². The summed E-state index contributed by atoms with van der Waals surface area (Å²) in [6.45, 7) is 2.42. The van der Waals surface area contributed by atoms with E-state index < -0.39 is 30.0 Å². The number of hydrazone groups is 1. The molecule has 0 fully saturated rings. The molecular weight excluding hydrogens is 375 g/mol. The highest BCUT2D eigenvalue weighted by atomic mass is 19.4. The largest absolute Gasteiger partial charge is 0.494 e. The van der Waals surface area contributed by atoms with Crippen LogP contribution < -0.4 is 15.5 Å². The number of ether oxygens (including phenoxy) is 1. The molecule has 0 radical (unpaired) electrons. The van der Waals surface area contributed by atoms with Crippen LogP contribution in [0.2, 0.25) is 0 Å². The van der Waals surface area contributed by atoms with Crippen molar-refractivity contribution in [3.8, 4) is 5.75 Å². The van der Waals surface area contributed by atoms with Crippen LogP contribution in [0.25, 0.3) is 0 Å². The molecule has 0 spiro atoms. The Kier molecular flexibility index (Phi) is 7.14. The zero-order valence-corrected chi connectivity index (χ0v) is 14.9. The molecule has 0 atom stereocenters. The Hall–Kier alpha value is -3.36. The van der Waals surface area contributed by atoms with Crippen molar-refractivity contribution in [2.24, 2.45) is 5.10 Å². The molecule has 0 aliphatic carbocycles. The van der Waals surface area contributed by atoms with E-state index in [4.69, 9.17) is 4.74 Å². The molecule has 0 aliphatic rings. The third-order valence-corrected chi connectivity index (χ3v) is 3.39. The minimum Gasteiger partial charge on any atom is -0.494 e. The van der Waals surface area contributed by atoms with Gasteiger partial charge in [-0.15, -0.1) is 0 Å². The Morgan fingerprint density at radius 1 is 1.11 bits per heavy atom. The Morgan fingerprint density at radius 2 is 1.82 bits per heavy atom. The number of nitrogens with one attached hydrogen (secondary N) is 2. The molecule has 0 heterocycles. The zero-order chi connectivity index (χ0) is 20.6. The van der Waals surface area contributed by atoms with Crippen LogP contribution in [-0.2, 0) is 15.8 Å². The van der Waals surface area contributed by atoms with Crippen molar-refractivity contribution in [2.75, 3.05) is 11.9 Å². The summed E-state index contributed by atoms with van der Waals surface area (Å²) in [7, 11) is 0. The van der Waals surface area contributed by atoms with Crippen LogP contribution in [0.3, 0.4) is 0 Å². The van der Waals surface area contributed by atoms with Gasteiger partial charge in [-0.2, -0.15) is 18.3 Å². The van der Waals surface area contributed by atoms with Gasteiger partial charge in [0.05, 0.1) is 18.4 Å². The van der Waals surface area contributed by atoms with Crippen molar-refractivity contribution < 1.29 is 27.5 Å². The van der Waals surface area contributed by atoms with Crippen LogP contribution >= 0.6 is 0 Å². The van der Waals surface area contributed by atoms with Gasteiger partial charge in [0.15, 0.2) is 0 Å². The third kappa shape index (κ3) is 6.75. The summed E-state index contributed by atoms with van der Waals surface area (Å²) in [6, 6.07) is 11.1. The number of carbonyl (C=O) groups excluding carboxylic acids is 2. The fourth-order valence-corrected chi connectivity index (χ4v) is 2.16. The molecule has 2 N–H and O–H groups in total. The van der Waals surface area contributed by atoms with E-state index in [-0.39, 0.29) is 5.69 Å². The highest BCUT2D eigenvalue weighted by Crippen LogP contribution is 2.30. The molecule has 6 nitrogen and oxygen atoms in total. The van der Waals surface area contributed by atoms with Crippen LogP contribution in [-0.4, -0.2) is 24.6 Å². The Bertz CT molecular complexity index is 849. The van der Waals surface area contributed by atoms with Gasteiger partial charge >= 0.3 is 6.18 Å². The van der Waals surface area contributed by atoms with E-state index in [1.165, 1.54) is 18.3 Å². The predicted molar refractivity (Wildman–Crippen MR) is 98.0 cm³/mol. The van der Waals surface area contributed by atoms with Crippen molar-refractivity contribution in [2.45, 2.75) is 19.5 Å². The first-order valence-corrected chi connectivity index (χ1v) is 8.30. The highest BCUT2D eigenvalue weighted by Gasteiger charge is 2.30. The lowest BCUT2D eigenvalue weighted by atomic mass is 10.2. The van der Waals surface area contributed by atoms with E-state index in [1.807, 2.05) is 6.92 Å². The summed E-state index contributed by atoms with van der Waals surface area (Å²) in [5.41, 5.74) is 1.94. The number of halogens is 3. The molecular formula is C19H18F3N3O3. The predicted octanol–water partition coefficient (Wildman–Crippen LogP) is 3.58. The Balaban J connectivity index is 1.83. The highest BCUT2D eigenvalue weighted by molar-refractivity contribution is 6.03. The zero-order valence-electron chi connectivity index (χ0n) is 14.9. The lowest BCUT2D eigenvalue weighted by Crippen LogP contribution is -2.24. The fraction of sp³-hybridized carbons (Fsp3) is 0.211. The van der Waals surface area contributed by atoms with E-state index in [9.17, 15) is 22.8 Å². The summed E-state index contributed by atoms with van der Waals surface area (Å²) in [5, 5.41) is 5.98. The van der Waals surface area contributed by atoms with Gasteiger partial charge in [0, 0.05) is 5.69 Å². The van der Waals surface area contributed by atoms with Gasteiger partial charge in [0.25, 0.3) is 0 Å². The van der Waals surface area contributed by atoms with Gasteiger partial charge in [-0.3, -0.25) is 9.59 Å². The van der Waals surface area contributed by atoms with Crippen molar-refractivity contribution in [3.63, 3.8) is 0 Å². The summed E-state index contributed by atoms with van der Waals surface area (Å²) < 4.78 is 43.3. The second-order valence-corrected chi connectivity index (χ2v) is 5.60. The maximum atomic E-state index is 12.7. The molecule has 9 heteroatoms. The maximum absolute atomic E-state index is 12.7. The molecule has 0 saturated heterocycles. The van der Waals surface area contributed by atoms with E-state index >= 15 is 0 Å².